The number of benzene rings is 1. The van der Waals surface area contributed by atoms with Crippen molar-refractivity contribution in [1.82, 2.24) is 0 Å². The zero-order valence-corrected chi connectivity index (χ0v) is 9.91. The Balaban J connectivity index is 2.80. The summed E-state index contributed by atoms with van der Waals surface area (Å²) in [4.78, 5) is 13.8. The van der Waals surface area contributed by atoms with Crippen LogP contribution in [0.1, 0.15) is 30.0 Å². The lowest BCUT2D eigenvalue weighted by Crippen LogP contribution is -2.03. The van der Waals surface area contributed by atoms with E-state index < -0.39 is 6.04 Å². The minimum atomic E-state index is -0.429. The van der Waals surface area contributed by atoms with E-state index in [1.54, 1.807) is 24.3 Å². The SMILES string of the molecule is COC(=O)CCC(N=[N+]=[N-])c1ccc(C#N)cc1. The second-order valence-electron chi connectivity index (χ2n) is 3.57. The van der Waals surface area contributed by atoms with E-state index in [0.29, 0.717) is 12.0 Å². The molecule has 0 aromatic heterocycles. The molecule has 0 amide bonds. The number of hydrogen-bond acceptors (Lipinski definition) is 4. The summed E-state index contributed by atoms with van der Waals surface area (Å²) in [6.45, 7) is 0. The minimum absolute atomic E-state index is 0.181. The van der Waals surface area contributed by atoms with Crippen LogP contribution >= 0.6 is 0 Å². The zero-order valence-electron chi connectivity index (χ0n) is 9.91. The maximum absolute atomic E-state index is 11.1. The number of hydrogen-bond donors (Lipinski definition) is 0. The number of nitriles is 1. The van der Waals surface area contributed by atoms with Gasteiger partial charge >= 0.3 is 5.97 Å². The van der Waals surface area contributed by atoms with E-state index in [1.165, 1.54) is 7.11 Å². The van der Waals surface area contributed by atoms with Crippen LogP contribution in [0.15, 0.2) is 29.4 Å². The molecule has 0 N–H and O–H groups in total. The lowest BCUT2D eigenvalue weighted by Gasteiger charge is -2.10. The summed E-state index contributed by atoms with van der Waals surface area (Å²) in [6, 6.07) is 8.31. The molecule has 6 heteroatoms. The molecule has 1 atom stereocenters. The highest BCUT2D eigenvalue weighted by Gasteiger charge is 2.12. The van der Waals surface area contributed by atoms with Crippen molar-refractivity contribution in [1.29, 1.82) is 5.26 Å². The first-order valence-electron chi connectivity index (χ1n) is 5.32. The standard InChI is InChI=1S/C12H12N4O2/c1-18-12(17)7-6-11(15-16-14)10-4-2-9(8-13)3-5-10/h2-5,11H,6-7H2,1H3. The number of carbonyl (C=O) groups excluding carboxylic acids is 1. The van der Waals surface area contributed by atoms with Gasteiger partial charge in [0.25, 0.3) is 0 Å². The maximum Gasteiger partial charge on any atom is 0.305 e. The number of rotatable bonds is 5. The highest BCUT2D eigenvalue weighted by molar-refractivity contribution is 5.69. The van der Waals surface area contributed by atoms with Gasteiger partial charge in [-0.1, -0.05) is 17.2 Å². The van der Waals surface area contributed by atoms with E-state index in [9.17, 15) is 4.79 Å². The molecular formula is C12H12N4O2. The Morgan fingerprint density at radius 2 is 2.22 bits per heavy atom. The van der Waals surface area contributed by atoms with Crippen molar-refractivity contribution in [3.05, 3.63) is 45.8 Å². The van der Waals surface area contributed by atoms with E-state index in [4.69, 9.17) is 10.8 Å². The molecule has 0 fully saturated rings. The lowest BCUT2D eigenvalue weighted by atomic mass is 10.0. The van der Waals surface area contributed by atoms with Gasteiger partial charge in [0.05, 0.1) is 24.8 Å². The van der Waals surface area contributed by atoms with Crippen LogP contribution in [0.2, 0.25) is 0 Å². The molecule has 6 nitrogen and oxygen atoms in total. The largest absolute Gasteiger partial charge is 0.469 e. The molecule has 0 saturated heterocycles. The molecule has 1 rings (SSSR count). The smallest absolute Gasteiger partial charge is 0.305 e. The average Bonchev–Trinajstić information content (AvgIpc) is 2.43. The van der Waals surface area contributed by atoms with Crippen molar-refractivity contribution >= 4 is 5.97 Å². The summed E-state index contributed by atoms with van der Waals surface area (Å²) >= 11 is 0. The lowest BCUT2D eigenvalue weighted by molar-refractivity contribution is -0.140. The zero-order chi connectivity index (χ0) is 13.4. The first kappa shape index (κ1) is 13.6. The first-order valence-corrected chi connectivity index (χ1v) is 5.32. The fourth-order valence-corrected chi connectivity index (χ4v) is 1.49. The van der Waals surface area contributed by atoms with E-state index in [1.807, 2.05) is 6.07 Å². The summed E-state index contributed by atoms with van der Waals surface area (Å²) in [5.41, 5.74) is 9.82. The van der Waals surface area contributed by atoms with Gasteiger partial charge in [-0.3, -0.25) is 4.79 Å². The molecule has 1 aromatic rings. The topological polar surface area (TPSA) is 98.8 Å². The second kappa shape index (κ2) is 6.94. The Morgan fingerprint density at radius 3 is 2.72 bits per heavy atom. The predicted molar refractivity (Wildman–Crippen MR) is 64.3 cm³/mol. The van der Waals surface area contributed by atoms with Crippen molar-refractivity contribution in [3.63, 3.8) is 0 Å². The molecule has 0 radical (unpaired) electrons. The van der Waals surface area contributed by atoms with Gasteiger partial charge in [-0.2, -0.15) is 5.26 Å². The monoisotopic (exact) mass is 244 g/mol. The van der Waals surface area contributed by atoms with Crippen molar-refractivity contribution in [2.45, 2.75) is 18.9 Å². The maximum atomic E-state index is 11.1. The van der Waals surface area contributed by atoms with Crippen LogP contribution in [-0.4, -0.2) is 13.1 Å². The molecular weight excluding hydrogens is 232 g/mol. The molecule has 0 heterocycles. The number of ether oxygens (including phenoxy) is 1. The van der Waals surface area contributed by atoms with Gasteiger partial charge in [-0.05, 0) is 29.6 Å². The summed E-state index contributed by atoms with van der Waals surface area (Å²) in [7, 11) is 1.31. The molecule has 0 saturated carbocycles. The Morgan fingerprint density at radius 1 is 1.56 bits per heavy atom. The molecule has 0 aliphatic heterocycles. The highest BCUT2D eigenvalue weighted by Crippen LogP contribution is 2.23. The van der Waals surface area contributed by atoms with Gasteiger partial charge in [0.1, 0.15) is 0 Å². The van der Waals surface area contributed by atoms with E-state index in [2.05, 4.69) is 14.8 Å². The van der Waals surface area contributed by atoms with Crippen LogP contribution in [0.4, 0.5) is 0 Å². The number of esters is 1. The Bertz CT molecular complexity index is 498. The number of nitrogens with zero attached hydrogens (tertiary/aromatic N) is 4. The summed E-state index contributed by atoms with van der Waals surface area (Å²) < 4.78 is 4.53. The van der Waals surface area contributed by atoms with Crippen LogP contribution < -0.4 is 0 Å². The third-order valence-corrected chi connectivity index (χ3v) is 2.47. The van der Waals surface area contributed by atoms with Crippen molar-refractivity contribution in [2.75, 3.05) is 7.11 Å². The first-order chi connectivity index (χ1) is 8.71. The molecule has 1 unspecified atom stereocenters. The van der Waals surface area contributed by atoms with Gasteiger partial charge < -0.3 is 4.74 Å². The van der Waals surface area contributed by atoms with Crippen molar-refractivity contribution in [3.8, 4) is 6.07 Å². The quantitative estimate of drug-likeness (QED) is 0.344. The summed E-state index contributed by atoms with van der Waals surface area (Å²) in [5, 5.41) is 12.3. The third-order valence-electron chi connectivity index (χ3n) is 2.47. The Hall–Kier alpha value is -2.51. The van der Waals surface area contributed by atoms with Gasteiger partial charge in [0.2, 0.25) is 0 Å². The fourth-order valence-electron chi connectivity index (χ4n) is 1.49. The predicted octanol–water partition coefficient (Wildman–Crippen LogP) is 2.86. The number of azide groups is 1. The summed E-state index contributed by atoms with van der Waals surface area (Å²) in [5.74, 6) is -0.346. The number of methoxy groups -OCH3 is 1. The third kappa shape index (κ3) is 3.81. The van der Waals surface area contributed by atoms with Crippen LogP contribution in [0.25, 0.3) is 10.4 Å². The highest BCUT2D eigenvalue weighted by atomic mass is 16.5. The van der Waals surface area contributed by atoms with Crippen LogP contribution in [-0.2, 0) is 9.53 Å². The van der Waals surface area contributed by atoms with E-state index in [-0.39, 0.29) is 12.4 Å². The van der Waals surface area contributed by atoms with Gasteiger partial charge in [-0.15, -0.1) is 0 Å². The van der Waals surface area contributed by atoms with Gasteiger partial charge in [0.15, 0.2) is 0 Å². The molecule has 0 bridgehead atoms. The van der Waals surface area contributed by atoms with Crippen LogP contribution in [0.5, 0.6) is 0 Å². The molecule has 1 aromatic carbocycles. The van der Waals surface area contributed by atoms with Crippen molar-refractivity contribution in [2.24, 2.45) is 5.11 Å². The van der Waals surface area contributed by atoms with Gasteiger partial charge in [-0.25, -0.2) is 0 Å². The molecule has 0 aliphatic carbocycles. The Labute approximate surface area is 104 Å². The Kier molecular flexibility index (Phi) is 5.23. The van der Waals surface area contributed by atoms with E-state index >= 15 is 0 Å². The fraction of sp³-hybridized carbons (Fsp3) is 0.333. The minimum Gasteiger partial charge on any atom is -0.469 e. The molecule has 0 aliphatic rings. The molecule has 18 heavy (non-hydrogen) atoms. The van der Waals surface area contributed by atoms with E-state index in [0.717, 1.165) is 5.56 Å². The second-order valence-corrected chi connectivity index (χ2v) is 3.57. The molecule has 92 valence electrons. The summed E-state index contributed by atoms with van der Waals surface area (Å²) in [6.07, 6.45) is 0.558. The average molecular weight is 244 g/mol. The van der Waals surface area contributed by atoms with Crippen LogP contribution in [0, 0.1) is 11.3 Å². The van der Waals surface area contributed by atoms with Crippen molar-refractivity contribution < 1.29 is 9.53 Å². The molecule has 0 spiro atoms. The van der Waals surface area contributed by atoms with Crippen LogP contribution in [0.3, 0.4) is 0 Å². The normalized spacial score (nSPS) is 10.9. The van der Waals surface area contributed by atoms with Gasteiger partial charge in [0, 0.05) is 11.3 Å². The number of carbonyl (C=O) groups is 1.